The maximum atomic E-state index is 9.67. The molecule has 0 bridgehead atoms. The van der Waals surface area contributed by atoms with Crippen LogP contribution >= 0.6 is 11.6 Å². The van der Waals surface area contributed by atoms with Crippen molar-refractivity contribution >= 4 is 23.0 Å². The number of aliphatic hydroxyl groups is 1. The first kappa shape index (κ1) is 15.2. The van der Waals surface area contributed by atoms with Gasteiger partial charge in [-0.2, -0.15) is 0 Å². The van der Waals surface area contributed by atoms with Crippen molar-refractivity contribution in [2.75, 3.05) is 23.3 Å². The molecule has 3 rings (SSSR count). The molecule has 116 valence electrons. The van der Waals surface area contributed by atoms with E-state index in [4.69, 9.17) is 11.6 Å². The largest absolute Gasteiger partial charge is 0.393 e. The van der Waals surface area contributed by atoms with Gasteiger partial charge in [0, 0.05) is 24.7 Å². The second kappa shape index (κ2) is 7.03. The third-order valence-corrected chi connectivity index (χ3v) is 4.51. The molecular weight excluding hydrogens is 296 g/mol. The van der Waals surface area contributed by atoms with Gasteiger partial charge in [-0.15, -0.1) is 0 Å². The van der Waals surface area contributed by atoms with Crippen LogP contribution in [0.25, 0.3) is 0 Å². The van der Waals surface area contributed by atoms with E-state index in [-0.39, 0.29) is 6.10 Å². The highest BCUT2D eigenvalue weighted by Gasteiger charge is 2.19. The molecule has 3 nitrogen and oxygen atoms in total. The molecule has 0 saturated carbocycles. The van der Waals surface area contributed by atoms with Gasteiger partial charge in [-0.25, -0.2) is 0 Å². The van der Waals surface area contributed by atoms with Crippen molar-refractivity contribution in [2.45, 2.75) is 25.5 Å². The van der Waals surface area contributed by atoms with Crippen LogP contribution in [0.5, 0.6) is 0 Å². The molecule has 0 aromatic heterocycles. The molecule has 0 atom stereocenters. The Hall–Kier alpha value is -1.71. The number of rotatable bonds is 4. The zero-order valence-corrected chi connectivity index (χ0v) is 13.3. The Labute approximate surface area is 136 Å². The Morgan fingerprint density at radius 2 is 1.73 bits per heavy atom. The maximum Gasteiger partial charge on any atom is 0.0602 e. The number of nitrogens with one attached hydrogen (secondary N) is 1. The lowest BCUT2D eigenvalue weighted by molar-refractivity contribution is 0.145. The van der Waals surface area contributed by atoms with Crippen molar-refractivity contribution in [3.63, 3.8) is 0 Å². The van der Waals surface area contributed by atoms with E-state index in [1.54, 1.807) is 0 Å². The minimum absolute atomic E-state index is 0.153. The van der Waals surface area contributed by atoms with Gasteiger partial charge >= 0.3 is 0 Å². The van der Waals surface area contributed by atoms with Gasteiger partial charge in [-0.3, -0.25) is 0 Å². The van der Waals surface area contributed by atoms with Gasteiger partial charge in [0.2, 0.25) is 0 Å². The smallest absolute Gasteiger partial charge is 0.0602 e. The molecule has 1 aliphatic heterocycles. The quantitative estimate of drug-likeness (QED) is 0.897. The van der Waals surface area contributed by atoms with Gasteiger partial charge in [0.15, 0.2) is 0 Å². The van der Waals surface area contributed by atoms with E-state index >= 15 is 0 Å². The number of hydrogen-bond acceptors (Lipinski definition) is 3. The van der Waals surface area contributed by atoms with Crippen LogP contribution in [0.3, 0.4) is 0 Å². The fraction of sp³-hybridized carbons (Fsp3) is 0.333. The number of nitrogens with zero attached hydrogens (tertiary/aromatic N) is 1. The first-order valence-electron chi connectivity index (χ1n) is 7.73. The van der Waals surface area contributed by atoms with Gasteiger partial charge in [-0.1, -0.05) is 41.9 Å². The topological polar surface area (TPSA) is 35.5 Å². The third kappa shape index (κ3) is 3.54. The second-order valence-corrected chi connectivity index (χ2v) is 6.09. The normalized spacial score (nSPS) is 15.8. The highest BCUT2D eigenvalue weighted by molar-refractivity contribution is 6.31. The van der Waals surface area contributed by atoms with Crippen LogP contribution in [0.4, 0.5) is 11.4 Å². The van der Waals surface area contributed by atoms with E-state index in [2.05, 4.69) is 28.4 Å². The number of anilines is 2. The number of benzene rings is 2. The number of para-hydroxylation sites is 2. The average Bonchev–Trinajstić information content (AvgIpc) is 2.55. The Balaban J connectivity index is 1.73. The summed E-state index contributed by atoms with van der Waals surface area (Å²) in [6, 6.07) is 16.2. The first-order valence-corrected chi connectivity index (χ1v) is 8.11. The minimum atomic E-state index is -0.153. The van der Waals surface area contributed by atoms with Crippen molar-refractivity contribution < 1.29 is 5.11 Å². The highest BCUT2D eigenvalue weighted by atomic mass is 35.5. The second-order valence-electron chi connectivity index (χ2n) is 5.68. The van der Waals surface area contributed by atoms with Crippen molar-refractivity contribution in [1.82, 2.24) is 0 Å². The molecule has 1 fully saturated rings. The predicted molar refractivity (Wildman–Crippen MR) is 92.7 cm³/mol. The Morgan fingerprint density at radius 3 is 2.50 bits per heavy atom. The summed E-state index contributed by atoms with van der Waals surface area (Å²) >= 11 is 6.22. The lowest BCUT2D eigenvalue weighted by Crippen LogP contribution is -2.36. The van der Waals surface area contributed by atoms with Crippen LogP contribution in [0.15, 0.2) is 48.5 Å². The molecule has 1 heterocycles. The molecule has 2 aromatic carbocycles. The molecular formula is C18H21ClN2O. The molecule has 0 spiro atoms. The molecule has 0 aliphatic carbocycles. The van der Waals surface area contributed by atoms with Crippen LogP contribution in [-0.2, 0) is 6.54 Å². The molecule has 22 heavy (non-hydrogen) atoms. The minimum Gasteiger partial charge on any atom is -0.393 e. The van der Waals surface area contributed by atoms with Gasteiger partial charge < -0.3 is 15.3 Å². The first-order chi connectivity index (χ1) is 10.7. The van der Waals surface area contributed by atoms with Crippen molar-refractivity contribution in [3.05, 3.63) is 59.1 Å². The molecule has 2 N–H and O–H groups in total. The van der Waals surface area contributed by atoms with E-state index in [9.17, 15) is 5.11 Å². The fourth-order valence-electron chi connectivity index (χ4n) is 2.84. The Kier molecular flexibility index (Phi) is 4.86. The zero-order chi connectivity index (χ0) is 15.4. The molecule has 2 aromatic rings. The van der Waals surface area contributed by atoms with Crippen LogP contribution in [0.1, 0.15) is 18.4 Å². The summed E-state index contributed by atoms with van der Waals surface area (Å²) < 4.78 is 0. The summed E-state index contributed by atoms with van der Waals surface area (Å²) in [5.74, 6) is 0. The van der Waals surface area contributed by atoms with E-state index in [0.717, 1.165) is 42.2 Å². The summed E-state index contributed by atoms with van der Waals surface area (Å²) in [4.78, 5) is 2.33. The third-order valence-electron chi connectivity index (χ3n) is 4.14. The summed E-state index contributed by atoms with van der Waals surface area (Å²) in [5, 5.41) is 13.9. The molecule has 4 heteroatoms. The number of halogens is 1. The van der Waals surface area contributed by atoms with Crippen LogP contribution in [-0.4, -0.2) is 24.3 Å². The van der Waals surface area contributed by atoms with Gasteiger partial charge in [0.25, 0.3) is 0 Å². The predicted octanol–water partition coefficient (Wildman–Crippen LogP) is 3.91. The van der Waals surface area contributed by atoms with E-state index in [1.165, 1.54) is 5.69 Å². The standard InChI is InChI=1S/C18H21ClN2O/c19-16-6-2-1-5-14(16)13-20-17-7-3-4-8-18(17)21-11-9-15(22)10-12-21/h1-8,15,20,22H,9-13H2. The fourth-order valence-corrected chi connectivity index (χ4v) is 3.04. The Bertz CT molecular complexity index is 624. The molecule has 1 saturated heterocycles. The van der Waals surface area contributed by atoms with Crippen LogP contribution in [0, 0.1) is 0 Å². The number of aliphatic hydroxyl groups excluding tert-OH is 1. The van der Waals surface area contributed by atoms with Gasteiger partial charge in [0.1, 0.15) is 0 Å². The lowest BCUT2D eigenvalue weighted by Gasteiger charge is -2.33. The Morgan fingerprint density at radius 1 is 1.05 bits per heavy atom. The van der Waals surface area contributed by atoms with Crippen molar-refractivity contribution in [1.29, 1.82) is 0 Å². The number of hydrogen-bond donors (Lipinski definition) is 2. The molecule has 0 radical (unpaired) electrons. The summed E-state index contributed by atoms with van der Waals surface area (Å²) in [6.45, 7) is 2.49. The van der Waals surface area contributed by atoms with Crippen molar-refractivity contribution in [3.8, 4) is 0 Å². The summed E-state index contributed by atoms with van der Waals surface area (Å²) in [7, 11) is 0. The molecule has 0 amide bonds. The summed E-state index contributed by atoms with van der Waals surface area (Å²) in [5.41, 5.74) is 3.40. The zero-order valence-electron chi connectivity index (χ0n) is 12.5. The van der Waals surface area contributed by atoms with Crippen molar-refractivity contribution in [2.24, 2.45) is 0 Å². The van der Waals surface area contributed by atoms with Crippen LogP contribution in [0.2, 0.25) is 5.02 Å². The number of piperidine rings is 1. The van der Waals surface area contributed by atoms with E-state index in [0.29, 0.717) is 6.54 Å². The average molecular weight is 317 g/mol. The van der Waals surface area contributed by atoms with Gasteiger partial charge in [-0.05, 0) is 36.6 Å². The molecule has 1 aliphatic rings. The SMILES string of the molecule is OC1CCN(c2ccccc2NCc2ccccc2Cl)CC1. The van der Waals surface area contributed by atoms with E-state index < -0.39 is 0 Å². The highest BCUT2D eigenvalue weighted by Crippen LogP contribution is 2.29. The van der Waals surface area contributed by atoms with Crippen LogP contribution < -0.4 is 10.2 Å². The maximum absolute atomic E-state index is 9.67. The van der Waals surface area contributed by atoms with Gasteiger partial charge in [0.05, 0.1) is 17.5 Å². The molecule has 0 unspecified atom stereocenters. The monoisotopic (exact) mass is 316 g/mol. The summed E-state index contributed by atoms with van der Waals surface area (Å²) in [6.07, 6.45) is 1.51. The lowest BCUT2D eigenvalue weighted by atomic mass is 10.1. The van der Waals surface area contributed by atoms with E-state index in [1.807, 2.05) is 30.3 Å².